The first-order valence-corrected chi connectivity index (χ1v) is 8.76. The van der Waals surface area contributed by atoms with Gasteiger partial charge < -0.3 is 10.1 Å². The summed E-state index contributed by atoms with van der Waals surface area (Å²) in [4.78, 5) is 0. The van der Waals surface area contributed by atoms with Gasteiger partial charge in [-0.1, -0.05) is 35.0 Å². The molecule has 21 heavy (non-hydrogen) atoms. The molecule has 2 aromatic rings. The van der Waals surface area contributed by atoms with Crippen LogP contribution in [0.2, 0.25) is 0 Å². The van der Waals surface area contributed by atoms with Gasteiger partial charge in [-0.15, -0.1) is 0 Å². The van der Waals surface area contributed by atoms with E-state index in [-0.39, 0.29) is 6.04 Å². The van der Waals surface area contributed by atoms with Crippen molar-refractivity contribution in [3.63, 3.8) is 0 Å². The van der Waals surface area contributed by atoms with Gasteiger partial charge in [0.05, 0.1) is 13.2 Å². The zero-order valence-corrected chi connectivity index (χ0v) is 16.2. The fourth-order valence-electron chi connectivity index (χ4n) is 2.43. The first-order chi connectivity index (χ1) is 10.1. The fourth-order valence-corrected chi connectivity index (χ4v) is 3.42. The summed E-state index contributed by atoms with van der Waals surface area (Å²) in [5.74, 6) is 0.927. The van der Waals surface area contributed by atoms with Gasteiger partial charge >= 0.3 is 0 Å². The van der Waals surface area contributed by atoms with E-state index < -0.39 is 0 Å². The fraction of sp³-hybridized carbons (Fsp3) is 0.294. The molecule has 1 atom stereocenters. The summed E-state index contributed by atoms with van der Waals surface area (Å²) in [6, 6.07) is 13.0. The van der Waals surface area contributed by atoms with Crippen LogP contribution in [-0.2, 0) is 0 Å². The molecule has 0 heterocycles. The van der Waals surface area contributed by atoms with Gasteiger partial charge in [0.25, 0.3) is 0 Å². The number of hydrogen-bond donors (Lipinski definition) is 1. The average molecular weight is 460 g/mol. The second kappa shape index (κ2) is 7.61. The third-order valence-corrected chi connectivity index (χ3v) is 4.82. The van der Waals surface area contributed by atoms with Gasteiger partial charge in [0.15, 0.2) is 0 Å². The Kier molecular flexibility index (Phi) is 6.08. The van der Waals surface area contributed by atoms with E-state index in [2.05, 4.69) is 88.0 Å². The second-order valence-electron chi connectivity index (χ2n) is 4.89. The Morgan fingerprint density at radius 2 is 2.00 bits per heavy atom. The summed E-state index contributed by atoms with van der Waals surface area (Å²) < 4.78 is 7.72. The van der Waals surface area contributed by atoms with E-state index in [0.717, 1.165) is 22.3 Å². The molecular weight excluding hydrogens is 441 g/mol. The number of benzene rings is 2. The number of ether oxygens (including phenoxy) is 1. The third kappa shape index (κ3) is 3.99. The maximum Gasteiger partial charge on any atom is 0.121 e. The van der Waals surface area contributed by atoms with Crippen molar-refractivity contribution < 1.29 is 4.74 Å². The van der Waals surface area contributed by atoms with Crippen LogP contribution in [0.1, 0.15) is 29.7 Å². The van der Waals surface area contributed by atoms with E-state index in [1.54, 1.807) is 7.11 Å². The SMILES string of the molecule is CCNC(c1ccc(OC)c(C)c1)c1cc(I)ccc1Br. The number of aryl methyl sites for hydroxylation is 1. The van der Waals surface area contributed by atoms with Crippen LogP contribution in [0, 0.1) is 10.5 Å². The highest BCUT2D eigenvalue weighted by Gasteiger charge is 2.17. The van der Waals surface area contributed by atoms with Crippen molar-refractivity contribution in [1.82, 2.24) is 5.32 Å². The number of nitrogens with one attached hydrogen (secondary N) is 1. The van der Waals surface area contributed by atoms with Crippen LogP contribution in [0.3, 0.4) is 0 Å². The van der Waals surface area contributed by atoms with Crippen molar-refractivity contribution in [3.8, 4) is 5.75 Å². The molecule has 0 aromatic heterocycles. The highest BCUT2D eigenvalue weighted by Crippen LogP contribution is 2.32. The van der Waals surface area contributed by atoms with Gasteiger partial charge in [-0.05, 0) is 77.0 Å². The van der Waals surface area contributed by atoms with E-state index in [4.69, 9.17) is 4.74 Å². The maximum absolute atomic E-state index is 5.36. The summed E-state index contributed by atoms with van der Waals surface area (Å²) in [5.41, 5.74) is 3.66. The van der Waals surface area contributed by atoms with Crippen LogP contribution in [-0.4, -0.2) is 13.7 Å². The van der Waals surface area contributed by atoms with Crippen molar-refractivity contribution in [1.29, 1.82) is 0 Å². The minimum absolute atomic E-state index is 0.170. The van der Waals surface area contributed by atoms with E-state index in [1.807, 2.05) is 6.07 Å². The van der Waals surface area contributed by atoms with Gasteiger partial charge in [-0.25, -0.2) is 0 Å². The molecule has 0 saturated heterocycles. The van der Waals surface area contributed by atoms with Gasteiger partial charge in [0.1, 0.15) is 5.75 Å². The quantitative estimate of drug-likeness (QED) is 0.630. The summed E-state index contributed by atoms with van der Waals surface area (Å²) in [6.07, 6.45) is 0. The molecule has 0 aliphatic rings. The Hall–Kier alpha value is -0.590. The molecule has 2 rings (SSSR count). The molecule has 0 aliphatic heterocycles. The number of hydrogen-bond acceptors (Lipinski definition) is 2. The second-order valence-corrected chi connectivity index (χ2v) is 6.99. The van der Waals surface area contributed by atoms with E-state index >= 15 is 0 Å². The monoisotopic (exact) mass is 459 g/mol. The topological polar surface area (TPSA) is 21.3 Å². The molecule has 0 radical (unpaired) electrons. The van der Waals surface area contributed by atoms with Gasteiger partial charge in [-0.2, -0.15) is 0 Å². The minimum Gasteiger partial charge on any atom is -0.496 e. The van der Waals surface area contributed by atoms with Crippen LogP contribution >= 0.6 is 38.5 Å². The lowest BCUT2D eigenvalue weighted by molar-refractivity contribution is 0.411. The summed E-state index contributed by atoms with van der Waals surface area (Å²) in [7, 11) is 1.71. The van der Waals surface area contributed by atoms with E-state index in [9.17, 15) is 0 Å². The Balaban J connectivity index is 2.48. The molecule has 112 valence electrons. The molecule has 4 heteroatoms. The third-order valence-electron chi connectivity index (χ3n) is 3.43. The Morgan fingerprint density at radius 3 is 2.62 bits per heavy atom. The van der Waals surface area contributed by atoms with Gasteiger partial charge in [0.2, 0.25) is 0 Å². The molecule has 0 saturated carbocycles. The van der Waals surface area contributed by atoms with E-state index in [0.29, 0.717) is 0 Å². The average Bonchev–Trinajstić information content (AvgIpc) is 2.47. The first-order valence-electron chi connectivity index (χ1n) is 6.89. The zero-order valence-electron chi connectivity index (χ0n) is 12.4. The molecule has 0 spiro atoms. The predicted octanol–water partition coefficient (Wildman–Crippen LogP) is 5.07. The lowest BCUT2D eigenvalue weighted by atomic mass is 9.97. The molecule has 2 aromatic carbocycles. The molecule has 0 aliphatic carbocycles. The standard InChI is InChI=1S/C17H19BrINO/c1-4-20-17(14-10-13(19)6-7-15(14)18)12-5-8-16(21-3)11(2)9-12/h5-10,17,20H,4H2,1-3H3. The molecule has 0 amide bonds. The molecular formula is C17H19BrINO. The molecule has 1 unspecified atom stereocenters. The van der Waals surface area contributed by atoms with Crippen LogP contribution in [0.5, 0.6) is 5.75 Å². The Labute approximate surface area is 148 Å². The van der Waals surface area contributed by atoms with Crippen LogP contribution in [0.15, 0.2) is 40.9 Å². The smallest absolute Gasteiger partial charge is 0.121 e. The number of halogens is 2. The molecule has 1 N–H and O–H groups in total. The Bertz CT molecular complexity index is 630. The highest BCUT2D eigenvalue weighted by atomic mass is 127. The van der Waals surface area contributed by atoms with Crippen LogP contribution < -0.4 is 10.1 Å². The molecule has 2 nitrogen and oxygen atoms in total. The first kappa shape index (κ1) is 16.8. The summed E-state index contributed by atoms with van der Waals surface area (Å²) in [5, 5.41) is 3.57. The zero-order chi connectivity index (χ0) is 15.4. The van der Waals surface area contributed by atoms with Crippen LogP contribution in [0.25, 0.3) is 0 Å². The van der Waals surface area contributed by atoms with Crippen molar-refractivity contribution in [2.45, 2.75) is 19.9 Å². The highest BCUT2D eigenvalue weighted by molar-refractivity contribution is 14.1. The number of methoxy groups -OCH3 is 1. The number of rotatable bonds is 5. The van der Waals surface area contributed by atoms with Crippen molar-refractivity contribution in [2.75, 3.05) is 13.7 Å². The van der Waals surface area contributed by atoms with Gasteiger partial charge in [-0.3, -0.25) is 0 Å². The minimum atomic E-state index is 0.170. The summed E-state index contributed by atoms with van der Waals surface area (Å²) in [6.45, 7) is 5.12. The lowest BCUT2D eigenvalue weighted by Gasteiger charge is -2.21. The van der Waals surface area contributed by atoms with Crippen molar-refractivity contribution in [3.05, 3.63) is 61.1 Å². The normalized spacial score (nSPS) is 12.2. The lowest BCUT2D eigenvalue weighted by Crippen LogP contribution is -2.22. The predicted molar refractivity (Wildman–Crippen MR) is 100 cm³/mol. The van der Waals surface area contributed by atoms with E-state index in [1.165, 1.54) is 14.7 Å². The van der Waals surface area contributed by atoms with Gasteiger partial charge in [0, 0.05) is 8.04 Å². The Morgan fingerprint density at radius 1 is 1.24 bits per heavy atom. The van der Waals surface area contributed by atoms with Crippen molar-refractivity contribution in [2.24, 2.45) is 0 Å². The molecule has 0 fully saturated rings. The largest absolute Gasteiger partial charge is 0.496 e. The maximum atomic E-state index is 5.36. The van der Waals surface area contributed by atoms with Crippen molar-refractivity contribution >= 4 is 38.5 Å². The van der Waals surface area contributed by atoms with Crippen LogP contribution in [0.4, 0.5) is 0 Å². The molecule has 0 bridgehead atoms. The summed E-state index contributed by atoms with van der Waals surface area (Å²) >= 11 is 6.03.